The lowest BCUT2D eigenvalue weighted by Gasteiger charge is -2.34. The molecule has 0 N–H and O–H groups in total. The summed E-state index contributed by atoms with van der Waals surface area (Å²) in [5.41, 5.74) is 0.193. The van der Waals surface area contributed by atoms with Crippen LogP contribution in [0.15, 0.2) is 24.3 Å². The van der Waals surface area contributed by atoms with Gasteiger partial charge in [-0.25, -0.2) is 0 Å². The van der Waals surface area contributed by atoms with E-state index in [1.807, 2.05) is 32.9 Å². The number of carbonyl (C=O) groups is 1. The maximum atomic E-state index is 11.7. The van der Waals surface area contributed by atoms with Crippen molar-refractivity contribution in [2.24, 2.45) is 0 Å². The zero-order valence-corrected chi connectivity index (χ0v) is 19.8. The molecule has 0 bridgehead atoms. The summed E-state index contributed by atoms with van der Waals surface area (Å²) in [6, 6.07) is 4.77. The normalized spacial score (nSPS) is 13.3. The van der Waals surface area contributed by atoms with Crippen molar-refractivity contribution in [3.8, 4) is 17.2 Å². The molecule has 28 heavy (non-hydrogen) atoms. The van der Waals surface area contributed by atoms with Crippen molar-refractivity contribution in [1.29, 1.82) is 0 Å². The van der Waals surface area contributed by atoms with Crippen molar-refractivity contribution in [2.75, 3.05) is 14.2 Å². The van der Waals surface area contributed by atoms with Crippen LogP contribution >= 0.6 is 0 Å². The summed E-state index contributed by atoms with van der Waals surface area (Å²) in [4.78, 5) is 11.7. The van der Waals surface area contributed by atoms with Gasteiger partial charge < -0.3 is 18.9 Å². The van der Waals surface area contributed by atoms with Crippen molar-refractivity contribution >= 4 is 14.0 Å². The molecule has 5 nitrogen and oxygen atoms in total. The van der Waals surface area contributed by atoms with Crippen LogP contribution in [0, 0.1) is 6.92 Å². The van der Waals surface area contributed by atoms with Crippen LogP contribution in [0.3, 0.4) is 0 Å². The first-order valence-corrected chi connectivity index (χ1v) is 13.3. The molecule has 0 spiro atoms. The van der Waals surface area contributed by atoms with Gasteiger partial charge in [0.15, 0.2) is 11.5 Å². The molecule has 0 amide bonds. The van der Waals surface area contributed by atoms with Gasteiger partial charge in [-0.3, -0.25) is 4.79 Å². The fourth-order valence-corrected chi connectivity index (χ4v) is 3.66. The Kier molecular flexibility index (Phi) is 8.61. The fourth-order valence-electron chi connectivity index (χ4n) is 2.78. The first kappa shape index (κ1) is 24.1. The monoisotopic (exact) mass is 408 g/mol. The molecule has 1 atom stereocenters. The summed E-state index contributed by atoms with van der Waals surface area (Å²) in [5, 5.41) is 0. The Morgan fingerprint density at radius 2 is 1.68 bits per heavy atom. The number of carbonyl (C=O) groups excluding carboxylic acids is 1. The Hall–Kier alpha value is -1.95. The quantitative estimate of drug-likeness (QED) is 0.295. The predicted molar refractivity (Wildman–Crippen MR) is 116 cm³/mol. The van der Waals surface area contributed by atoms with E-state index in [1.165, 1.54) is 6.92 Å². The van der Waals surface area contributed by atoms with Gasteiger partial charge in [0, 0.05) is 27.5 Å². The lowest BCUT2D eigenvalue weighted by Crippen LogP contribution is -2.44. The summed E-state index contributed by atoms with van der Waals surface area (Å²) in [7, 11) is 2.07. The number of rotatable bonds is 10. The summed E-state index contributed by atoms with van der Waals surface area (Å²) >= 11 is 0. The number of esters is 1. The molecule has 0 aliphatic rings. The van der Waals surface area contributed by atoms with Crippen LogP contribution < -0.4 is 14.2 Å². The highest BCUT2D eigenvalue weighted by molar-refractivity contribution is 6.76. The maximum Gasteiger partial charge on any atom is 0.303 e. The molecule has 0 aliphatic heterocycles. The Labute approximate surface area is 171 Å². The Morgan fingerprint density at radius 3 is 2.18 bits per heavy atom. The van der Waals surface area contributed by atoms with E-state index in [0.29, 0.717) is 23.7 Å². The number of methoxy groups -OCH3 is 2. The minimum atomic E-state index is -1.15. The number of ether oxygens (including phenoxy) is 4. The molecular weight excluding hydrogens is 372 g/mol. The molecule has 0 aliphatic carbocycles. The van der Waals surface area contributed by atoms with Crippen molar-refractivity contribution in [1.82, 2.24) is 0 Å². The van der Waals surface area contributed by atoms with Crippen LogP contribution in [0.1, 0.15) is 32.8 Å². The van der Waals surface area contributed by atoms with Crippen molar-refractivity contribution in [3.63, 3.8) is 0 Å². The van der Waals surface area contributed by atoms with E-state index >= 15 is 0 Å². The fraction of sp³-hybridized carbons (Fsp3) is 0.591. The van der Waals surface area contributed by atoms with Crippen LogP contribution in [0.2, 0.25) is 25.7 Å². The molecular formula is C22H36O5Si. The minimum absolute atomic E-state index is 0.325. The largest absolute Gasteiger partial charge is 0.496 e. The number of benzene rings is 1. The minimum Gasteiger partial charge on any atom is -0.496 e. The third kappa shape index (κ3) is 7.58. The van der Waals surface area contributed by atoms with Crippen molar-refractivity contribution in [3.05, 3.63) is 29.8 Å². The average molecular weight is 409 g/mol. The first-order valence-electron chi connectivity index (χ1n) is 9.63. The zero-order valence-electron chi connectivity index (χ0n) is 18.8. The van der Waals surface area contributed by atoms with E-state index < -0.39 is 19.8 Å². The molecule has 0 saturated heterocycles. The molecule has 1 unspecified atom stereocenters. The number of hydrogen-bond donors (Lipinski definition) is 0. The van der Waals surface area contributed by atoms with E-state index in [1.54, 1.807) is 14.2 Å². The third-order valence-electron chi connectivity index (χ3n) is 4.38. The SMILES string of the molecule is COc1cc(OC(C)(C)C(C/C=C\C[Si](C)(C)C)OC(C)=O)c(OC)cc1C. The summed E-state index contributed by atoms with van der Waals surface area (Å²) in [6.07, 6.45) is 4.43. The Morgan fingerprint density at radius 1 is 1.07 bits per heavy atom. The Balaban J connectivity index is 3.08. The van der Waals surface area contributed by atoms with Gasteiger partial charge in [-0.2, -0.15) is 0 Å². The molecule has 0 aromatic heterocycles. The second-order valence-electron chi connectivity index (χ2n) is 8.75. The van der Waals surface area contributed by atoms with Gasteiger partial charge in [-0.15, -0.1) is 0 Å². The molecule has 1 rings (SSSR count). The second kappa shape index (κ2) is 10.0. The van der Waals surface area contributed by atoms with Crippen LogP contribution in [0.5, 0.6) is 17.2 Å². The van der Waals surface area contributed by atoms with Gasteiger partial charge in [0.2, 0.25) is 0 Å². The maximum absolute atomic E-state index is 11.7. The number of allylic oxidation sites excluding steroid dienone is 1. The molecule has 6 heteroatoms. The summed E-state index contributed by atoms with van der Waals surface area (Å²) in [5.74, 6) is 1.56. The van der Waals surface area contributed by atoms with Gasteiger partial charge >= 0.3 is 5.97 Å². The van der Waals surface area contributed by atoms with Gasteiger partial charge in [-0.05, 0) is 38.4 Å². The van der Waals surface area contributed by atoms with Gasteiger partial charge in [0.25, 0.3) is 0 Å². The highest BCUT2D eigenvalue weighted by Gasteiger charge is 2.34. The average Bonchev–Trinajstić information content (AvgIpc) is 2.57. The molecule has 1 aromatic rings. The zero-order chi connectivity index (χ0) is 21.5. The van der Waals surface area contributed by atoms with Crippen molar-refractivity contribution < 1.29 is 23.7 Å². The number of hydrogen-bond acceptors (Lipinski definition) is 5. The van der Waals surface area contributed by atoms with Gasteiger partial charge in [-0.1, -0.05) is 31.8 Å². The Bertz CT molecular complexity index is 689. The lowest BCUT2D eigenvalue weighted by molar-refractivity contribution is -0.156. The molecule has 158 valence electrons. The van der Waals surface area contributed by atoms with Crippen LogP contribution in [-0.4, -0.2) is 40.0 Å². The molecule has 0 heterocycles. The second-order valence-corrected chi connectivity index (χ2v) is 14.3. The van der Waals surface area contributed by atoms with Crippen LogP contribution in [-0.2, 0) is 9.53 Å². The van der Waals surface area contributed by atoms with Gasteiger partial charge in [0.05, 0.1) is 14.2 Å². The highest BCUT2D eigenvalue weighted by Crippen LogP contribution is 2.37. The molecule has 0 fully saturated rings. The van der Waals surface area contributed by atoms with Gasteiger partial charge in [0.1, 0.15) is 17.5 Å². The van der Waals surface area contributed by atoms with E-state index in [4.69, 9.17) is 18.9 Å². The predicted octanol–water partition coefficient (Wildman–Crippen LogP) is 5.39. The van der Waals surface area contributed by atoms with E-state index in [9.17, 15) is 4.79 Å². The third-order valence-corrected chi connectivity index (χ3v) is 5.85. The van der Waals surface area contributed by atoms with Crippen LogP contribution in [0.25, 0.3) is 0 Å². The van der Waals surface area contributed by atoms with E-state index in [2.05, 4.69) is 31.8 Å². The highest BCUT2D eigenvalue weighted by atomic mass is 28.3. The lowest BCUT2D eigenvalue weighted by atomic mass is 9.97. The summed E-state index contributed by atoms with van der Waals surface area (Å²) < 4.78 is 22.8. The number of aryl methyl sites for hydroxylation is 1. The molecule has 1 aromatic carbocycles. The van der Waals surface area contributed by atoms with Crippen LogP contribution in [0.4, 0.5) is 0 Å². The van der Waals surface area contributed by atoms with E-state index in [-0.39, 0.29) is 5.97 Å². The van der Waals surface area contributed by atoms with E-state index in [0.717, 1.165) is 11.6 Å². The van der Waals surface area contributed by atoms with Crippen molar-refractivity contribution in [2.45, 2.75) is 71.5 Å². The molecule has 0 saturated carbocycles. The standard InChI is InChI=1S/C22H36O5Si/c1-16-14-19(25-6)20(15-18(16)24-5)27-22(3,4)21(26-17(2)23)12-10-11-13-28(7,8)9/h10-11,14-15,21H,12-13H2,1-9H3/b11-10-. The smallest absolute Gasteiger partial charge is 0.303 e. The summed E-state index contributed by atoms with van der Waals surface area (Å²) in [6.45, 7) is 14.2. The first-order chi connectivity index (χ1) is 12.9. The topological polar surface area (TPSA) is 54.0 Å². The molecule has 0 radical (unpaired) electrons.